The zero-order chi connectivity index (χ0) is 18.4. The van der Waals surface area contributed by atoms with Crippen LogP contribution in [-0.4, -0.2) is 34.9 Å². The summed E-state index contributed by atoms with van der Waals surface area (Å²) in [5.41, 5.74) is 2.68. The molecule has 0 saturated carbocycles. The molecule has 0 unspecified atom stereocenters. The monoisotopic (exact) mass is 352 g/mol. The Morgan fingerprint density at radius 2 is 1.77 bits per heavy atom. The molecule has 0 bridgehead atoms. The van der Waals surface area contributed by atoms with Crippen LogP contribution in [0.4, 0.5) is 5.69 Å². The van der Waals surface area contributed by atoms with Crippen molar-refractivity contribution in [3.63, 3.8) is 0 Å². The first-order valence-electron chi connectivity index (χ1n) is 8.10. The molecule has 7 nitrogen and oxygen atoms in total. The van der Waals surface area contributed by atoms with Gasteiger partial charge in [0, 0.05) is 5.69 Å². The van der Waals surface area contributed by atoms with Gasteiger partial charge in [-0.25, -0.2) is 9.67 Å². The summed E-state index contributed by atoms with van der Waals surface area (Å²) in [5.74, 6) is 1.15. The molecule has 0 spiro atoms. The lowest BCUT2D eigenvalue weighted by Gasteiger charge is -2.10. The molecule has 0 aliphatic carbocycles. The van der Waals surface area contributed by atoms with E-state index >= 15 is 0 Å². The van der Waals surface area contributed by atoms with E-state index in [0.717, 1.165) is 16.8 Å². The Hall–Kier alpha value is -3.35. The Morgan fingerprint density at radius 3 is 2.42 bits per heavy atom. The van der Waals surface area contributed by atoms with Gasteiger partial charge in [-0.3, -0.25) is 4.79 Å². The Labute approximate surface area is 151 Å². The average molecular weight is 352 g/mol. The van der Waals surface area contributed by atoms with Crippen molar-refractivity contribution in [2.24, 2.45) is 0 Å². The number of anilines is 1. The van der Waals surface area contributed by atoms with Crippen molar-refractivity contribution >= 4 is 11.6 Å². The van der Waals surface area contributed by atoms with Crippen LogP contribution >= 0.6 is 0 Å². The molecule has 0 saturated heterocycles. The summed E-state index contributed by atoms with van der Waals surface area (Å²) in [6.07, 6.45) is 3.42. The number of carbonyl (C=O) groups is 1. The molecule has 0 aliphatic heterocycles. The molecule has 3 rings (SSSR count). The summed E-state index contributed by atoms with van der Waals surface area (Å²) in [7, 11) is 3.15. The van der Waals surface area contributed by atoms with Crippen LogP contribution in [0.2, 0.25) is 0 Å². The van der Waals surface area contributed by atoms with Gasteiger partial charge in [-0.2, -0.15) is 5.10 Å². The summed E-state index contributed by atoms with van der Waals surface area (Å²) < 4.78 is 12.2. The predicted octanol–water partition coefficient (Wildman–Crippen LogP) is 2.52. The first kappa shape index (κ1) is 17.5. The Kier molecular flexibility index (Phi) is 5.48. The Bertz CT molecular complexity index is 861. The maximum Gasteiger partial charge on any atom is 0.228 e. The number of benzene rings is 2. The summed E-state index contributed by atoms with van der Waals surface area (Å²) >= 11 is 0. The van der Waals surface area contributed by atoms with Crippen molar-refractivity contribution in [1.29, 1.82) is 0 Å². The van der Waals surface area contributed by atoms with Crippen LogP contribution in [0.15, 0.2) is 55.1 Å². The van der Waals surface area contributed by atoms with E-state index in [1.807, 2.05) is 30.3 Å². The third-order valence-electron chi connectivity index (χ3n) is 3.86. The molecule has 1 heterocycles. The van der Waals surface area contributed by atoms with Crippen molar-refractivity contribution in [1.82, 2.24) is 14.8 Å². The summed E-state index contributed by atoms with van der Waals surface area (Å²) in [6.45, 7) is 0.639. The number of nitrogens with zero attached hydrogens (tertiary/aromatic N) is 3. The van der Waals surface area contributed by atoms with Gasteiger partial charge >= 0.3 is 0 Å². The van der Waals surface area contributed by atoms with E-state index in [0.29, 0.717) is 18.0 Å². The summed E-state index contributed by atoms with van der Waals surface area (Å²) in [6, 6.07) is 13.1. The zero-order valence-corrected chi connectivity index (χ0v) is 14.7. The fourth-order valence-corrected chi connectivity index (χ4v) is 2.58. The number of hydrogen-bond acceptors (Lipinski definition) is 5. The second-order valence-electron chi connectivity index (χ2n) is 5.70. The van der Waals surface area contributed by atoms with E-state index in [4.69, 9.17) is 9.47 Å². The highest BCUT2D eigenvalue weighted by Crippen LogP contribution is 2.27. The molecule has 1 aromatic heterocycles. The number of carbonyl (C=O) groups excluding carboxylic acids is 1. The number of rotatable bonds is 7. The van der Waals surface area contributed by atoms with Gasteiger partial charge in [-0.05, 0) is 35.4 Å². The minimum atomic E-state index is -0.0961. The molecule has 0 aliphatic rings. The van der Waals surface area contributed by atoms with E-state index < -0.39 is 0 Å². The van der Waals surface area contributed by atoms with Crippen molar-refractivity contribution in [2.75, 3.05) is 19.5 Å². The molecule has 7 heteroatoms. The lowest BCUT2D eigenvalue weighted by Crippen LogP contribution is -2.14. The van der Waals surface area contributed by atoms with Crippen LogP contribution in [-0.2, 0) is 17.8 Å². The van der Waals surface area contributed by atoms with Crippen LogP contribution < -0.4 is 14.8 Å². The molecule has 134 valence electrons. The lowest BCUT2D eigenvalue weighted by atomic mass is 10.1. The highest BCUT2D eigenvalue weighted by atomic mass is 16.5. The number of methoxy groups -OCH3 is 2. The highest BCUT2D eigenvalue weighted by Gasteiger charge is 2.09. The molecule has 0 fully saturated rings. The van der Waals surface area contributed by atoms with Gasteiger partial charge in [0.25, 0.3) is 0 Å². The third-order valence-corrected chi connectivity index (χ3v) is 3.86. The van der Waals surface area contributed by atoms with E-state index in [-0.39, 0.29) is 12.3 Å². The number of aromatic nitrogens is 3. The van der Waals surface area contributed by atoms with Gasteiger partial charge in [0.15, 0.2) is 11.5 Å². The SMILES string of the molecule is COc1ccc(CC(=O)Nc2ccc(Cn3cncn3)cc2)cc1OC. The normalized spacial score (nSPS) is 10.4. The second-order valence-corrected chi connectivity index (χ2v) is 5.70. The van der Waals surface area contributed by atoms with Crippen molar-refractivity contribution in [2.45, 2.75) is 13.0 Å². The average Bonchev–Trinajstić information content (AvgIpc) is 3.16. The van der Waals surface area contributed by atoms with Gasteiger partial charge in [0.2, 0.25) is 5.91 Å². The summed E-state index contributed by atoms with van der Waals surface area (Å²) in [5, 5.41) is 6.97. The maximum absolute atomic E-state index is 12.3. The molecular formula is C19H20N4O3. The van der Waals surface area contributed by atoms with Crippen LogP contribution in [0, 0.1) is 0 Å². The van der Waals surface area contributed by atoms with Gasteiger partial charge in [0.1, 0.15) is 12.7 Å². The predicted molar refractivity (Wildman–Crippen MR) is 97.4 cm³/mol. The van der Waals surface area contributed by atoms with Crippen molar-refractivity contribution in [3.05, 3.63) is 66.2 Å². The van der Waals surface area contributed by atoms with Crippen molar-refractivity contribution in [3.8, 4) is 11.5 Å². The quantitative estimate of drug-likeness (QED) is 0.707. The minimum absolute atomic E-state index is 0.0961. The molecule has 0 atom stereocenters. The van der Waals surface area contributed by atoms with Gasteiger partial charge in [0.05, 0.1) is 27.2 Å². The maximum atomic E-state index is 12.3. The van der Waals surface area contributed by atoms with E-state index in [1.54, 1.807) is 37.4 Å². The Balaban J connectivity index is 1.59. The number of ether oxygens (including phenoxy) is 2. The first-order chi connectivity index (χ1) is 12.7. The molecule has 26 heavy (non-hydrogen) atoms. The standard InChI is InChI=1S/C19H20N4O3/c1-25-17-8-5-15(9-18(17)26-2)10-19(24)22-16-6-3-14(4-7-16)11-23-13-20-12-21-23/h3-9,12-13H,10-11H2,1-2H3,(H,22,24). The van der Waals surface area contributed by atoms with Crippen LogP contribution in [0.25, 0.3) is 0 Å². The largest absolute Gasteiger partial charge is 0.493 e. The van der Waals surface area contributed by atoms with Crippen LogP contribution in [0.3, 0.4) is 0 Å². The molecule has 1 amide bonds. The van der Waals surface area contributed by atoms with E-state index in [9.17, 15) is 4.79 Å². The molecule has 2 aromatic carbocycles. The molecule has 0 radical (unpaired) electrons. The summed E-state index contributed by atoms with van der Waals surface area (Å²) in [4.78, 5) is 16.2. The lowest BCUT2D eigenvalue weighted by molar-refractivity contribution is -0.115. The highest BCUT2D eigenvalue weighted by molar-refractivity contribution is 5.92. The van der Waals surface area contributed by atoms with E-state index in [2.05, 4.69) is 15.4 Å². The van der Waals surface area contributed by atoms with Crippen LogP contribution in [0.1, 0.15) is 11.1 Å². The van der Waals surface area contributed by atoms with E-state index in [1.165, 1.54) is 6.33 Å². The second kappa shape index (κ2) is 8.15. The van der Waals surface area contributed by atoms with Crippen molar-refractivity contribution < 1.29 is 14.3 Å². The Morgan fingerprint density at radius 1 is 1.04 bits per heavy atom. The zero-order valence-electron chi connectivity index (χ0n) is 14.7. The fourth-order valence-electron chi connectivity index (χ4n) is 2.58. The fraction of sp³-hybridized carbons (Fsp3) is 0.211. The molecular weight excluding hydrogens is 332 g/mol. The van der Waals surface area contributed by atoms with Gasteiger partial charge in [-0.1, -0.05) is 18.2 Å². The molecule has 3 aromatic rings. The van der Waals surface area contributed by atoms with Gasteiger partial charge < -0.3 is 14.8 Å². The minimum Gasteiger partial charge on any atom is -0.493 e. The topological polar surface area (TPSA) is 78.3 Å². The smallest absolute Gasteiger partial charge is 0.228 e. The first-order valence-corrected chi connectivity index (χ1v) is 8.10. The number of nitrogens with one attached hydrogen (secondary N) is 1. The van der Waals surface area contributed by atoms with Gasteiger partial charge in [-0.15, -0.1) is 0 Å². The van der Waals surface area contributed by atoms with Crippen LogP contribution in [0.5, 0.6) is 11.5 Å². The molecule has 1 N–H and O–H groups in total. The third kappa shape index (κ3) is 4.38. The number of amides is 1. The number of hydrogen-bond donors (Lipinski definition) is 1.